The zero-order valence-electron chi connectivity index (χ0n) is 18.3. The molecule has 33 heavy (non-hydrogen) atoms. The smallest absolute Gasteiger partial charge is 0.263 e. The molecule has 0 spiro atoms. The van der Waals surface area contributed by atoms with Crippen molar-refractivity contribution in [1.82, 2.24) is 14.9 Å². The van der Waals surface area contributed by atoms with Gasteiger partial charge in [-0.05, 0) is 37.4 Å². The summed E-state index contributed by atoms with van der Waals surface area (Å²) in [5, 5.41) is 7.38. The molecule has 4 heterocycles. The number of fused-ring (bicyclic) bond motifs is 2. The number of rotatable bonds is 7. The van der Waals surface area contributed by atoms with Crippen molar-refractivity contribution in [2.75, 3.05) is 6.61 Å². The average molecular weight is 482 g/mol. The number of amides is 1. The zero-order chi connectivity index (χ0) is 22.9. The molecule has 1 N–H and O–H groups in total. The SMILES string of the molecule is CCOc1cc2c(cc1CNC(=O)Cn1cnc3scc(-c4cccs4)c3c1=O)O[C@@H](C)C2. The fourth-order valence-electron chi connectivity index (χ4n) is 4.01. The summed E-state index contributed by atoms with van der Waals surface area (Å²) >= 11 is 3.01. The second-order valence-corrected chi connectivity index (χ2v) is 9.70. The number of ether oxygens (including phenoxy) is 2. The molecule has 0 unspecified atom stereocenters. The van der Waals surface area contributed by atoms with Crippen molar-refractivity contribution in [1.29, 1.82) is 0 Å². The minimum Gasteiger partial charge on any atom is -0.494 e. The molecule has 1 amide bonds. The molecule has 0 saturated heterocycles. The fraction of sp³-hybridized carbons (Fsp3) is 0.292. The standard InChI is InChI=1S/C24H23N3O4S2/c1-3-30-18-8-15-7-14(2)31-19(15)9-16(18)10-25-21(28)11-27-13-26-23-22(24(27)29)17(12-33-23)20-5-4-6-32-20/h4-6,8-9,12-14H,3,7,10-11H2,1-2H3,(H,25,28)/t14-/m0/s1. The van der Waals surface area contributed by atoms with Crippen LogP contribution in [0.15, 0.2) is 46.1 Å². The number of hydrogen-bond acceptors (Lipinski definition) is 7. The predicted octanol–water partition coefficient (Wildman–Crippen LogP) is 4.23. The van der Waals surface area contributed by atoms with Crippen LogP contribution in [0.25, 0.3) is 20.7 Å². The van der Waals surface area contributed by atoms with Crippen LogP contribution in [-0.2, 0) is 24.3 Å². The summed E-state index contributed by atoms with van der Waals surface area (Å²) in [6.07, 6.45) is 2.41. The lowest BCUT2D eigenvalue weighted by molar-refractivity contribution is -0.121. The predicted molar refractivity (Wildman–Crippen MR) is 130 cm³/mol. The van der Waals surface area contributed by atoms with E-state index in [1.807, 2.05) is 48.9 Å². The van der Waals surface area contributed by atoms with E-state index >= 15 is 0 Å². The summed E-state index contributed by atoms with van der Waals surface area (Å²) in [5.41, 5.74) is 2.61. The summed E-state index contributed by atoms with van der Waals surface area (Å²) in [5.74, 6) is 1.30. The third-order valence-corrected chi connectivity index (χ3v) is 7.31. The van der Waals surface area contributed by atoms with Gasteiger partial charge in [0.05, 0.1) is 18.3 Å². The van der Waals surface area contributed by atoms with Crippen LogP contribution in [0, 0.1) is 0 Å². The van der Waals surface area contributed by atoms with E-state index in [9.17, 15) is 9.59 Å². The largest absolute Gasteiger partial charge is 0.494 e. The maximum atomic E-state index is 13.1. The Labute approximate surface area is 198 Å². The van der Waals surface area contributed by atoms with E-state index in [1.165, 1.54) is 22.2 Å². The van der Waals surface area contributed by atoms with Crippen LogP contribution in [0.5, 0.6) is 11.5 Å². The van der Waals surface area contributed by atoms with Gasteiger partial charge in [-0.3, -0.25) is 14.2 Å². The molecule has 1 aliphatic heterocycles. The van der Waals surface area contributed by atoms with E-state index in [1.54, 1.807) is 11.3 Å². The van der Waals surface area contributed by atoms with Crippen molar-refractivity contribution >= 4 is 38.8 Å². The third-order valence-electron chi connectivity index (χ3n) is 5.52. The van der Waals surface area contributed by atoms with Crippen LogP contribution in [-0.4, -0.2) is 28.2 Å². The Bertz CT molecular complexity index is 1370. The van der Waals surface area contributed by atoms with Gasteiger partial charge in [-0.1, -0.05) is 6.07 Å². The topological polar surface area (TPSA) is 82.5 Å². The van der Waals surface area contributed by atoms with E-state index in [0.717, 1.165) is 39.5 Å². The van der Waals surface area contributed by atoms with Gasteiger partial charge in [0.2, 0.25) is 5.91 Å². The Morgan fingerprint density at radius 1 is 1.36 bits per heavy atom. The number of aromatic nitrogens is 2. The molecule has 1 aromatic carbocycles. The molecule has 7 nitrogen and oxygen atoms in total. The second-order valence-electron chi connectivity index (χ2n) is 7.89. The zero-order valence-corrected chi connectivity index (χ0v) is 19.9. The van der Waals surface area contributed by atoms with Gasteiger partial charge in [0.25, 0.3) is 5.56 Å². The number of nitrogens with zero attached hydrogens (tertiary/aromatic N) is 2. The highest BCUT2D eigenvalue weighted by atomic mass is 32.1. The lowest BCUT2D eigenvalue weighted by atomic mass is 10.1. The van der Waals surface area contributed by atoms with E-state index < -0.39 is 0 Å². The molecule has 0 radical (unpaired) electrons. The first kappa shape index (κ1) is 21.7. The molecular weight excluding hydrogens is 458 g/mol. The van der Waals surface area contributed by atoms with Gasteiger partial charge in [-0.25, -0.2) is 4.98 Å². The first-order valence-electron chi connectivity index (χ1n) is 10.8. The lowest BCUT2D eigenvalue weighted by Crippen LogP contribution is -2.32. The average Bonchev–Trinajstić information content (AvgIpc) is 3.53. The molecule has 170 valence electrons. The Balaban J connectivity index is 1.34. The van der Waals surface area contributed by atoms with Gasteiger partial charge in [0.1, 0.15) is 29.0 Å². The molecule has 1 atom stereocenters. The van der Waals surface area contributed by atoms with Gasteiger partial charge >= 0.3 is 0 Å². The molecule has 5 rings (SSSR count). The van der Waals surface area contributed by atoms with Crippen LogP contribution < -0.4 is 20.3 Å². The first-order valence-corrected chi connectivity index (χ1v) is 12.5. The fourth-order valence-corrected chi connectivity index (χ4v) is 5.73. The molecule has 0 aliphatic carbocycles. The lowest BCUT2D eigenvalue weighted by Gasteiger charge is -2.14. The van der Waals surface area contributed by atoms with Crippen molar-refractivity contribution in [3.8, 4) is 21.9 Å². The molecule has 9 heteroatoms. The third kappa shape index (κ3) is 4.26. The van der Waals surface area contributed by atoms with Crippen LogP contribution in [0.2, 0.25) is 0 Å². The highest BCUT2D eigenvalue weighted by Gasteiger charge is 2.22. The van der Waals surface area contributed by atoms with Gasteiger partial charge in [-0.2, -0.15) is 0 Å². The van der Waals surface area contributed by atoms with Crippen molar-refractivity contribution < 1.29 is 14.3 Å². The number of carbonyl (C=O) groups is 1. The van der Waals surface area contributed by atoms with Crippen LogP contribution in [0.4, 0.5) is 0 Å². The highest BCUT2D eigenvalue weighted by Crippen LogP contribution is 2.35. The Hall–Kier alpha value is -3.17. The molecule has 4 aromatic rings. The molecule has 3 aromatic heterocycles. The Morgan fingerprint density at radius 2 is 2.24 bits per heavy atom. The van der Waals surface area contributed by atoms with Crippen molar-refractivity contribution in [2.45, 2.75) is 39.5 Å². The second kappa shape index (κ2) is 8.99. The Kier molecular flexibility index (Phi) is 5.90. The highest BCUT2D eigenvalue weighted by molar-refractivity contribution is 7.18. The molecular formula is C24H23N3O4S2. The van der Waals surface area contributed by atoms with Crippen LogP contribution >= 0.6 is 22.7 Å². The molecule has 0 fully saturated rings. The normalized spacial score (nSPS) is 14.8. The molecule has 1 aliphatic rings. The monoisotopic (exact) mass is 481 g/mol. The maximum absolute atomic E-state index is 13.1. The number of carbonyl (C=O) groups excluding carboxylic acids is 1. The molecule has 0 saturated carbocycles. The summed E-state index contributed by atoms with van der Waals surface area (Å²) in [4.78, 5) is 31.9. The van der Waals surface area contributed by atoms with E-state index in [2.05, 4.69) is 10.3 Å². The van der Waals surface area contributed by atoms with Crippen molar-refractivity contribution in [3.63, 3.8) is 0 Å². The Morgan fingerprint density at radius 3 is 3.03 bits per heavy atom. The minimum absolute atomic E-state index is 0.107. The summed E-state index contributed by atoms with van der Waals surface area (Å²) < 4.78 is 13.0. The first-order chi connectivity index (χ1) is 16.0. The van der Waals surface area contributed by atoms with Crippen LogP contribution in [0.1, 0.15) is 25.0 Å². The van der Waals surface area contributed by atoms with Gasteiger partial charge in [0.15, 0.2) is 0 Å². The number of nitrogens with one attached hydrogen (secondary N) is 1. The number of hydrogen-bond donors (Lipinski definition) is 1. The van der Waals surface area contributed by atoms with Gasteiger partial charge < -0.3 is 14.8 Å². The van der Waals surface area contributed by atoms with Crippen molar-refractivity contribution in [2.24, 2.45) is 0 Å². The maximum Gasteiger partial charge on any atom is 0.263 e. The quantitative estimate of drug-likeness (QED) is 0.427. The van der Waals surface area contributed by atoms with Gasteiger partial charge in [0, 0.05) is 39.9 Å². The van der Waals surface area contributed by atoms with Crippen molar-refractivity contribution in [3.05, 3.63) is 62.8 Å². The van der Waals surface area contributed by atoms with E-state index in [0.29, 0.717) is 16.8 Å². The number of benzene rings is 1. The molecule has 0 bridgehead atoms. The summed E-state index contributed by atoms with van der Waals surface area (Å²) in [6.45, 7) is 4.66. The minimum atomic E-state index is -0.275. The van der Waals surface area contributed by atoms with Crippen LogP contribution in [0.3, 0.4) is 0 Å². The number of thiophene rings is 2. The van der Waals surface area contributed by atoms with E-state index in [4.69, 9.17) is 9.47 Å². The summed E-state index contributed by atoms with van der Waals surface area (Å²) in [7, 11) is 0. The van der Waals surface area contributed by atoms with Gasteiger partial charge in [-0.15, -0.1) is 22.7 Å². The summed E-state index contributed by atoms with van der Waals surface area (Å²) in [6, 6.07) is 7.86. The van der Waals surface area contributed by atoms with E-state index in [-0.39, 0.29) is 30.7 Å².